The first-order chi connectivity index (χ1) is 14.4. The van der Waals surface area contributed by atoms with E-state index in [4.69, 9.17) is 0 Å². The highest BCUT2D eigenvalue weighted by Gasteiger charge is 2.43. The van der Waals surface area contributed by atoms with Crippen LogP contribution in [0.5, 0.6) is 0 Å². The highest BCUT2D eigenvalue weighted by molar-refractivity contribution is 7.36. The Bertz CT molecular complexity index is 1140. The monoisotopic (exact) mass is 424 g/mol. The van der Waals surface area contributed by atoms with Crippen molar-refractivity contribution in [1.29, 1.82) is 0 Å². The molecule has 0 aliphatic heterocycles. The largest absolute Gasteiger partial charge is 0.191 e. The molecule has 0 amide bonds. The van der Waals surface area contributed by atoms with Gasteiger partial charge in [0.1, 0.15) is 0 Å². The fourth-order valence-corrected chi connectivity index (χ4v) is 12.0. The first kappa shape index (κ1) is 18.3. The van der Waals surface area contributed by atoms with Crippen LogP contribution in [0.2, 0.25) is 0 Å². The molecule has 0 aliphatic carbocycles. The minimum absolute atomic E-state index is 1.33. The lowest BCUT2D eigenvalue weighted by atomic mass is 10.2. The van der Waals surface area contributed by atoms with E-state index in [-0.39, 0.29) is 0 Å². The fourth-order valence-electron chi connectivity index (χ4n) is 4.22. The van der Waals surface area contributed by atoms with Crippen LogP contribution in [0, 0.1) is 0 Å². The van der Waals surface area contributed by atoms with E-state index in [2.05, 4.69) is 120 Å². The quantitative estimate of drug-likeness (QED) is 0.279. The summed E-state index contributed by atoms with van der Waals surface area (Å²) in [6.07, 6.45) is 0. The van der Waals surface area contributed by atoms with Crippen molar-refractivity contribution in [3.05, 3.63) is 120 Å². The normalized spacial score (nSPS) is 11.4. The summed E-state index contributed by atoms with van der Waals surface area (Å²) in [5.74, 6) is 0. The highest BCUT2D eigenvalue weighted by atomic mass is 32.1. The summed E-state index contributed by atoms with van der Waals surface area (Å²) in [6, 6.07) is 40.2. The van der Waals surface area contributed by atoms with Gasteiger partial charge >= 0.3 is 0 Å². The molecule has 0 saturated heterocycles. The molecule has 3 heteroatoms. The lowest BCUT2D eigenvalue weighted by molar-refractivity contribution is 1.68. The van der Waals surface area contributed by atoms with E-state index in [0.29, 0.717) is 0 Å². The fraction of sp³-hybridized carbons (Fsp3) is 0. The Morgan fingerprint density at radius 1 is 0.483 bits per heavy atom. The summed E-state index contributed by atoms with van der Waals surface area (Å²) in [5, 5.41) is 8.71. The molecule has 29 heavy (non-hydrogen) atoms. The molecule has 2 aromatic heterocycles. The molecule has 0 bridgehead atoms. The van der Waals surface area contributed by atoms with Crippen molar-refractivity contribution in [1.82, 2.24) is 0 Å². The van der Waals surface area contributed by atoms with Gasteiger partial charge in [0.25, 0.3) is 0 Å². The average molecular weight is 425 g/mol. The summed E-state index contributed by atoms with van der Waals surface area (Å²) in [7, 11) is -2.42. The predicted molar refractivity (Wildman–Crippen MR) is 131 cm³/mol. The van der Waals surface area contributed by atoms with E-state index < -0.39 is 8.07 Å². The maximum absolute atomic E-state index is 2.42. The van der Waals surface area contributed by atoms with Gasteiger partial charge in [-0.25, -0.2) is 0 Å². The zero-order valence-corrected chi connectivity index (χ0v) is 18.5. The number of benzene rings is 3. The van der Waals surface area contributed by atoms with Gasteiger partial charge in [0, 0.05) is 9.38 Å². The summed E-state index contributed by atoms with van der Waals surface area (Å²) < 4.78 is 1.47. The Morgan fingerprint density at radius 3 is 1.66 bits per heavy atom. The number of hydrogen-bond acceptors (Lipinski definition) is 2. The van der Waals surface area contributed by atoms with Crippen LogP contribution in [-0.2, 0) is 0 Å². The topological polar surface area (TPSA) is 0 Å². The lowest BCUT2D eigenvalue weighted by Gasteiger charge is -2.34. The van der Waals surface area contributed by atoms with Gasteiger partial charge in [0.15, 0.2) is 8.07 Å². The summed E-state index contributed by atoms with van der Waals surface area (Å²) in [6.45, 7) is 0. The molecule has 0 nitrogen and oxygen atoms in total. The Morgan fingerprint density at radius 2 is 1.07 bits per heavy atom. The minimum Gasteiger partial charge on any atom is -0.152 e. The molecule has 2 heterocycles. The molecule has 5 aromatic rings. The lowest BCUT2D eigenvalue weighted by Crippen LogP contribution is -2.74. The van der Waals surface area contributed by atoms with Crippen LogP contribution in [0.15, 0.2) is 120 Å². The van der Waals surface area contributed by atoms with E-state index in [1.807, 2.05) is 22.7 Å². The molecule has 140 valence electrons. The second-order valence-corrected chi connectivity index (χ2v) is 13.0. The van der Waals surface area contributed by atoms with E-state index in [1.165, 1.54) is 30.5 Å². The van der Waals surface area contributed by atoms with Gasteiger partial charge in [0.05, 0.1) is 0 Å². The Labute approximate surface area is 180 Å². The van der Waals surface area contributed by atoms with Crippen LogP contribution in [0.4, 0.5) is 0 Å². The van der Waals surface area contributed by atoms with Gasteiger partial charge in [-0.15, -0.1) is 11.3 Å². The molecular weight excluding hydrogens is 405 g/mol. The minimum atomic E-state index is -2.42. The summed E-state index contributed by atoms with van der Waals surface area (Å²) in [5.41, 5.74) is 1.36. The molecule has 0 aliphatic rings. The average Bonchev–Trinajstić information content (AvgIpc) is 3.51. The van der Waals surface area contributed by atoms with E-state index in [9.17, 15) is 0 Å². The van der Waals surface area contributed by atoms with Crippen molar-refractivity contribution in [2.24, 2.45) is 0 Å². The van der Waals surface area contributed by atoms with Gasteiger partial charge in [-0.3, -0.25) is 0 Å². The third-order valence-corrected chi connectivity index (χ3v) is 12.8. The molecule has 5 rings (SSSR count). The first-order valence-corrected chi connectivity index (χ1v) is 13.4. The second kappa shape index (κ2) is 7.95. The Kier molecular flexibility index (Phi) is 5.02. The van der Waals surface area contributed by atoms with Crippen molar-refractivity contribution in [3.63, 3.8) is 0 Å². The second-order valence-electron chi connectivity index (χ2n) is 6.98. The molecule has 0 unspecified atom stereocenters. The predicted octanol–water partition coefficient (Wildman–Crippen LogP) is 4.85. The van der Waals surface area contributed by atoms with E-state index >= 15 is 0 Å². The van der Waals surface area contributed by atoms with E-state index in [1.54, 1.807) is 0 Å². The van der Waals surface area contributed by atoms with Crippen molar-refractivity contribution in [2.75, 3.05) is 0 Å². The smallest absolute Gasteiger partial charge is 0.152 e. The molecule has 3 aromatic carbocycles. The Hall–Kier alpha value is -2.72. The molecule has 0 saturated carbocycles. The van der Waals surface area contributed by atoms with Crippen molar-refractivity contribution < 1.29 is 0 Å². The highest BCUT2D eigenvalue weighted by Crippen LogP contribution is 2.26. The zero-order valence-electron chi connectivity index (χ0n) is 15.9. The van der Waals surface area contributed by atoms with Gasteiger partial charge in [-0.05, 0) is 38.0 Å². The van der Waals surface area contributed by atoms with Gasteiger partial charge in [-0.1, -0.05) is 103 Å². The van der Waals surface area contributed by atoms with Crippen LogP contribution in [0.3, 0.4) is 0 Å². The molecule has 0 spiro atoms. The standard InChI is InChI=1S/C26H20S2Si/c1-3-11-21(12-4-1)29(26-18-10-20-28-26,22-13-5-2-6-14-22)25-17-8-7-15-23(25)24-16-9-19-27-24/h1-20H. The number of thiophene rings is 2. The molecular formula is C26H20S2Si. The summed E-state index contributed by atoms with van der Waals surface area (Å²) in [4.78, 5) is 1.33. The van der Waals surface area contributed by atoms with Gasteiger partial charge in [0.2, 0.25) is 0 Å². The third-order valence-electron chi connectivity index (χ3n) is 5.42. The van der Waals surface area contributed by atoms with Crippen molar-refractivity contribution >= 4 is 50.8 Å². The maximum Gasteiger partial charge on any atom is 0.191 e. The zero-order chi connectivity index (χ0) is 19.5. The van der Waals surface area contributed by atoms with Crippen LogP contribution in [-0.4, -0.2) is 8.07 Å². The van der Waals surface area contributed by atoms with Gasteiger partial charge in [-0.2, -0.15) is 11.3 Å². The van der Waals surface area contributed by atoms with Gasteiger partial charge < -0.3 is 0 Å². The third kappa shape index (κ3) is 3.12. The van der Waals surface area contributed by atoms with Crippen molar-refractivity contribution in [3.8, 4) is 10.4 Å². The summed E-state index contributed by atoms with van der Waals surface area (Å²) >= 11 is 3.71. The molecule has 0 atom stereocenters. The van der Waals surface area contributed by atoms with Crippen LogP contribution >= 0.6 is 22.7 Å². The number of hydrogen-bond donors (Lipinski definition) is 0. The van der Waals surface area contributed by atoms with Crippen LogP contribution in [0.25, 0.3) is 10.4 Å². The molecule has 0 N–H and O–H groups in total. The van der Waals surface area contributed by atoms with E-state index in [0.717, 1.165) is 0 Å². The van der Waals surface area contributed by atoms with Crippen LogP contribution < -0.4 is 20.1 Å². The molecule has 0 radical (unpaired) electrons. The molecule has 0 fully saturated rings. The van der Waals surface area contributed by atoms with Crippen molar-refractivity contribution in [2.45, 2.75) is 0 Å². The maximum atomic E-state index is 2.36. The SMILES string of the molecule is c1ccc([Si](c2ccccc2)(c2cccs2)c2ccccc2-c2cccs2)cc1. The van der Waals surface area contributed by atoms with Crippen LogP contribution in [0.1, 0.15) is 0 Å². The first-order valence-electron chi connectivity index (χ1n) is 9.69. The Balaban J connectivity index is 1.93. The number of rotatable bonds is 5.